The van der Waals surface area contributed by atoms with Gasteiger partial charge in [0, 0.05) is 6.20 Å². The van der Waals surface area contributed by atoms with Crippen LogP contribution in [0.5, 0.6) is 0 Å². The van der Waals surface area contributed by atoms with Crippen LogP contribution in [0.4, 0.5) is 0 Å². The van der Waals surface area contributed by atoms with E-state index in [0.29, 0.717) is 16.3 Å². The lowest BCUT2D eigenvalue weighted by molar-refractivity contribution is -0.119. The summed E-state index contributed by atoms with van der Waals surface area (Å²) in [5.74, 6) is -0.713. The number of nitrogens with one attached hydrogen (secondary N) is 1. The van der Waals surface area contributed by atoms with E-state index < -0.39 is 5.91 Å². The van der Waals surface area contributed by atoms with Crippen molar-refractivity contribution >= 4 is 23.4 Å². The van der Waals surface area contributed by atoms with Gasteiger partial charge in [-0.15, -0.1) is 0 Å². The van der Waals surface area contributed by atoms with E-state index in [1.54, 1.807) is 0 Å². The van der Waals surface area contributed by atoms with Crippen molar-refractivity contribution in [2.75, 3.05) is 0 Å². The topological polar surface area (TPSA) is 59.1 Å². The highest BCUT2D eigenvalue weighted by atomic mass is 35.5. The molecule has 2 rings (SSSR count). The molecule has 1 aromatic rings. The van der Waals surface area contributed by atoms with Crippen LogP contribution in [0.1, 0.15) is 15.9 Å². The number of amides is 2. The Hall–Kier alpha value is -1.42. The third-order valence-electron chi connectivity index (χ3n) is 1.80. The van der Waals surface area contributed by atoms with E-state index in [0.717, 1.165) is 0 Å². The van der Waals surface area contributed by atoms with E-state index in [4.69, 9.17) is 11.6 Å². The molecule has 0 radical (unpaired) electrons. The molecule has 0 aromatic carbocycles. The third kappa shape index (κ3) is 1.40. The van der Waals surface area contributed by atoms with E-state index in [1.807, 2.05) is 0 Å². The normalized spacial score (nSPS) is 15.2. The number of hydrogen-bond acceptors (Lipinski definition) is 3. The van der Waals surface area contributed by atoms with Crippen LogP contribution < -0.4 is 5.32 Å². The molecular weight excluding hydrogens is 192 g/mol. The van der Waals surface area contributed by atoms with Gasteiger partial charge in [0.2, 0.25) is 5.91 Å². The predicted octanol–water partition coefficient (Wildman–Crippen LogP) is 0.547. The largest absolute Gasteiger partial charge is 0.292 e. The highest BCUT2D eigenvalue weighted by Crippen LogP contribution is 2.16. The molecule has 1 aromatic heterocycles. The summed E-state index contributed by atoms with van der Waals surface area (Å²) in [6, 6.07) is 1.54. The predicted molar refractivity (Wildman–Crippen MR) is 45.4 cm³/mol. The summed E-state index contributed by atoms with van der Waals surface area (Å²) in [5.41, 5.74) is 1.05. The third-order valence-corrected chi connectivity index (χ3v) is 2.01. The van der Waals surface area contributed by atoms with Gasteiger partial charge in [-0.3, -0.25) is 14.9 Å². The van der Waals surface area contributed by atoms with E-state index in [9.17, 15) is 9.59 Å². The SMILES string of the molecule is O=C1Cc2cc(Cl)ncc2C(=O)N1. The number of carbonyl (C=O) groups excluding carboxylic acids is 2. The fraction of sp³-hybridized carbons (Fsp3) is 0.125. The zero-order valence-electron chi connectivity index (χ0n) is 6.50. The van der Waals surface area contributed by atoms with Crippen LogP contribution >= 0.6 is 11.6 Å². The Morgan fingerprint density at radius 2 is 2.23 bits per heavy atom. The molecule has 0 spiro atoms. The van der Waals surface area contributed by atoms with Gasteiger partial charge in [0.1, 0.15) is 5.15 Å². The van der Waals surface area contributed by atoms with Gasteiger partial charge < -0.3 is 0 Å². The average molecular weight is 197 g/mol. The molecule has 0 fully saturated rings. The number of hydrogen-bond donors (Lipinski definition) is 1. The molecule has 0 bridgehead atoms. The summed E-state index contributed by atoms with van der Waals surface area (Å²) in [6.45, 7) is 0. The number of carbonyl (C=O) groups is 2. The Labute approximate surface area is 78.9 Å². The second-order valence-corrected chi connectivity index (χ2v) is 3.11. The summed E-state index contributed by atoms with van der Waals surface area (Å²) < 4.78 is 0. The van der Waals surface area contributed by atoms with E-state index in [1.165, 1.54) is 12.3 Å². The molecule has 0 aliphatic carbocycles. The number of halogens is 1. The number of aromatic nitrogens is 1. The van der Waals surface area contributed by atoms with Crippen LogP contribution in [-0.4, -0.2) is 16.8 Å². The number of imide groups is 1. The molecule has 2 heterocycles. The number of rotatable bonds is 0. The summed E-state index contributed by atoms with van der Waals surface area (Å²) in [6.07, 6.45) is 1.56. The Morgan fingerprint density at radius 3 is 3.00 bits per heavy atom. The standard InChI is InChI=1S/C8H5ClN2O2/c9-6-1-4-2-7(12)11-8(13)5(4)3-10-6/h1,3H,2H2,(H,11,12,13). The zero-order chi connectivity index (χ0) is 9.42. The Kier molecular flexibility index (Phi) is 1.77. The molecule has 0 saturated carbocycles. The summed E-state index contributed by atoms with van der Waals surface area (Å²) in [4.78, 5) is 25.9. The molecule has 2 amide bonds. The molecule has 1 aliphatic heterocycles. The lowest BCUT2D eigenvalue weighted by atomic mass is 10.0. The molecule has 66 valence electrons. The highest BCUT2D eigenvalue weighted by Gasteiger charge is 2.22. The molecular formula is C8H5ClN2O2. The molecule has 4 nitrogen and oxygen atoms in total. The van der Waals surface area contributed by atoms with E-state index in [-0.39, 0.29) is 12.3 Å². The first-order chi connectivity index (χ1) is 6.16. The summed E-state index contributed by atoms with van der Waals surface area (Å²) >= 11 is 5.62. The lowest BCUT2D eigenvalue weighted by Crippen LogP contribution is -2.37. The maximum Gasteiger partial charge on any atom is 0.259 e. The minimum absolute atomic E-state index is 0.184. The van der Waals surface area contributed by atoms with Crippen molar-refractivity contribution in [2.45, 2.75) is 6.42 Å². The summed E-state index contributed by atoms with van der Waals surface area (Å²) in [5, 5.41) is 2.49. The van der Waals surface area contributed by atoms with Crippen LogP contribution in [0.2, 0.25) is 5.15 Å². The second kappa shape index (κ2) is 2.81. The minimum atomic E-state index is -0.407. The lowest BCUT2D eigenvalue weighted by Gasteiger charge is -2.13. The van der Waals surface area contributed by atoms with Gasteiger partial charge in [-0.1, -0.05) is 11.6 Å². The smallest absolute Gasteiger partial charge is 0.259 e. The van der Waals surface area contributed by atoms with Crippen molar-refractivity contribution in [2.24, 2.45) is 0 Å². The van der Waals surface area contributed by atoms with Crippen LogP contribution in [0.25, 0.3) is 0 Å². The minimum Gasteiger partial charge on any atom is -0.292 e. The molecule has 0 atom stereocenters. The van der Waals surface area contributed by atoms with Crippen molar-refractivity contribution < 1.29 is 9.59 Å². The first-order valence-electron chi connectivity index (χ1n) is 3.65. The Balaban J connectivity index is 2.55. The summed E-state index contributed by atoms with van der Waals surface area (Å²) in [7, 11) is 0. The van der Waals surface area contributed by atoms with Crippen molar-refractivity contribution in [1.29, 1.82) is 0 Å². The fourth-order valence-electron chi connectivity index (χ4n) is 1.23. The first kappa shape index (κ1) is 8.19. The Bertz CT molecular complexity index is 403. The van der Waals surface area contributed by atoms with Gasteiger partial charge in [-0.25, -0.2) is 4.98 Å². The monoisotopic (exact) mass is 196 g/mol. The van der Waals surface area contributed by atoms with Gasteiger partial charge in [-0.2, -0.15) is 0 Å². The van der Waals surface area contributed by atoms with E-state index >= 15 is 0 Å². The van der Waals surface area contributed by atoms with Crippen LogP contribution in [0.15, 0.2) is 12.3 Å². The van der Waals surface area contributed by atoms with Gasteiger partial charge >= 0.3 is 0 Å². The molecule has 1 N–H and O–H groups in total. The van der Waals surface area contributed by atoms with Gasteiger partial charge in [0.15, 0.2) is 0 Å². The van der Waals surface area contributed by atoms with Gasteiger partial charge in [-0.05, 0) is 11.6 Å². The molecule has 0 unspecified atom stereocenters. The van der Waals surface area contributed by atoms with Crippen LogP contribution in [0.3, 0.4) is 0 Å². The molecule has 13 heavy (non-hydrogen) atoms. The second-order valence-electron chi connectivity index (χ2n) is 2.72. The Morgan fingerprint density at radius 1 is 1.46 bits per heavy atom. The van der Waals surface area contributed by atoms with Crippen molar-refractivity contribution in [3.8, 4) is 0 Å². The highest BCUT2D eigenvalue weighted by molar-refractivity contribution is 6.29. The van der Waals surface area contributed by atoms with Crippen molar-refractivity contribution in [1.82, 2.24) is 10.3 Å². The molecule has 1 aliphatic rings. The van der Waals surface area contributed by atoms with E-state index in [2.05, 4.69) is 10.3 Å². The van der Waals surface area contributed by atoms with Gasteiger partial charge in [0.05, 0.1) is 12.0 Å². The van der Waals surface area contributed by atoms with Crippen molar-refractivity contribution in [3.63, 3.8) is 0 Å². The maximum atomic E-state index is 11.2. The van der Waals surface area contributed by atoms with Crippen molar-refractivity contribution in [3.05, 3.63) is 28.5 Å². The quantitative estimate of drug-likeness (QED) is 0.487. The maximum absolute atomic E-state index is 11.2. The average Bonchev–Trinajstić information content (AvgIpc) is 2.02. The molecule has 5 heteroatoms. The number of pyridine rings is 1. The molecule has 0 saturated heterocycles. The zero-order valence-corrected chi connectivity index (χ0v) is 7.26. The van der Waals surface area contributed by atoms with Gasteiger partial charge in [0.25, 0.3) is 5.91 Å². The number of nitrogens with zero attached hydrogens (tertiary/aromatic N) is 1. The number of fused-ring (bicyclic) bond motifs is 1. The van der Waals surface area contributed by atoms with Crippen LogP contribution in [-0.2, 0) is 11.2 Å². The first-order valence-corrected chi connectivity index (χ1v) is 4.03. The fourth-order valence-corrected chi connectivity index (χ4v) is 1.41. The van der Waals surface area contributed by atoms with Crippen LogP contribution in [0, 0.1) is 0 Å².